The molecule has 0 aromatic heterocycles. The number of carbonyl (C=O) groups is 4. The van der Waals surface area contributed by atoms with Crippen molar-refractivity contribution in [3.8, 4) is 0 Å². The zero-order chi connectivity index (χ0) is 33.6. The molecule has 0 saturated carbocycles. The van der Waals surface area contributed by atoms with Gasteiger partial charge in [0.15, 0.2) is 0 Å². The van der Waals surface area contributed by atoms with Gasteiger partial charge in [-0.15, -0.1) is 0 Å². The van der Waals surface area contributed by atoms with Crippen LogP contribution in [0.1, 0.15) is 96.7 Å². The molecule has 3 atom stereocenters. The summed E-state index contributed by atoms with van der Waals surface area (Å²) in [4.78, 5) is 61.5. The third-order valence-electron chi connectivity index (χ3n) is 9.60. The first-order valence-electron chi connectivity index (χ1n) is 17.2. The fourth-order valence-electron chi connectivity index (χ4n) is 7.23. The van der Waals surface area contributed by atoms with E-state index in [4.69, 9.17) is 0 Å². The molecule has 0 radical (unpaired) electrons. The van der Waals surface area contributed by atoms with Crippen LogP contribution in [-0.4, -0.2) is 40.6 Å². The maximum absolute atomic E-state index is 15.2. The molecule has 4 amide bonds. The smallest absolute Gasteiger partial charge is 0.262 e. The molecule has 0 fully saturated rings. The fraction of sp³-hybridized carbons (Fsp3) is 0.317. The lowest BCUT2D eigenvalue weighted by molar-refractivity contribution is -0.123. The molecule has 0 spiro atoms. The number of hydrogen-bond acceptors (Lipinski definition) is 4. The van der Waals surface area contributed by atoms with Crippen LogP contribution in [0.4, 0.5) is 11.4 Å². The summed E-state index contributed by atoms with van der Waals surface area (Å²) in [6.07, 6.45) is 6.49. The van der Waals surface area contributed by atoms with Crippen LogP contribution in [0.5, 0.6) is 0 Å². The Balaban J connectivity index is 1.40. The zero-order valence-corrected chi connectivity index (χ0v) is 27.8. The highest BCUT2D eigenvalue weighted by atomic mass is 16.2. The largest absolute Gasteiger partial charge is 0.309 e. The number of benzene rings is 4. The number of hydrogen-bond donors (Lipinski definition) is 0. The number of nitrogens with zero attached hydrogens (tertiary/aromatic N) is 3. The molecule has 0 N–H and O–H groups in total. The molecule has 4 aromatic carbocycles. The number of rotatable bonds is 12. The molecule has 0 aliphatic carbocycles. The van der Waals surface area contributed by atoms with Gasteiger partial charge in [-0.1, -0.05) is 111 Å². The molecule has 246 valence electrons. The second kappa shape index (κ2) is 14.8. The summed E-state index contributed by atoms with van der Waals surface area (Å²) in [5.41, 5.74) is 3.79. The number of unbranched alkanes of at least 4 members (excludes halogenated alkanes) is 4. The monoisotopic (exact) mass is 641 g/mol. The molecule has 0 saturated heterocycles. The van der Waals surface area contributed by atoms with Crippen molar-refractivity contribution in [2.24, 2.45) is 0 Å². The highest BCUT2D eigenvalue weighted by Gasteiger charge is 2.46. The lowest BCUT2D eigenvalue weighted by atomic mass is 9.88. The van der Waals surface area contributed by atoms with Gasteiger partial charge in [-0.3, -0.25) is 24.1 Å². The number of imide groups is 1. The van der Waals surface area contributed by atoms with Crippen molar-refractivity contribution >= 4 is 35.0 Å². The third-order valence-corrected chi connectivity index (χ3v) is 9.60. The van der Waals surface area contributed by atoms with Crippen molar-refractivity contribution in [2.75, 3.05) is 9.80 Å². The predicted molar refractivity (Wildman–Crippen MR) is 189 cm³/mol. The fourth-order valence-corrected chi connectivity index (χ4v) is 7.23. The van der Waals surface area contributed by atoms with Gasteiger partial charge in [0.05, 0.1) is 17.2 Å². The average Bonchev–Trinajstić information content (AvgIpc) is 3.36. The maximum atomic E-state index is 15.2. The molecule has 48 heavy (non-hydrogen) atoms. The van der Waals surface area contributed by atoms with Gasteiger partial charge in [-0.05, 0) is 61.2 Å². The third kappa shape index (κ3) is 6.55. The zero-order valence-electron chi connectivity index (χ0n) is 27.8. The number of para-hydroxylation sites is 2. The van der Waals surface area contributed by atoms with Gasteiger partial charge in [-0.2, -0.15) is 0 Å². The van der Waals surface area contributed by atoms with Gasteiger partial charge < -0.3 is 9.80 Å². The Labute approximate surface area is 283 Å². The van der Waals surface area contributed by atoms with Crippen molar-refractivity contribution in [3.05, 3.63) is 131 Å². The molecule has 0 unspecified atom stereocenters. The number of anilines is 2. The number of fused-ring (bicyclic) bond motifs is 2. The molecule has 0 bridgehead atoms. The van der Waals surface area contributed by atoms with E-state index in [0.717, 1.165) is 47.4 Å². The number of carbonyl (C=O) groups excluding carboxylic acids is 4. The first-order valence-corrected chi connectivity index (χ1v) is 17.2. The Morgan fingerprint density at radius 2 is 1.33 bits per heavy atom. The minimum Gasteiger partial charge on any atom is -0.309 e. The van der Waals surface area contributed by atoms with Gasteiger partial charge in [0.1, 0.15) is 6.04 Å². The van der Waals surface area contributed by atoms with E-state index in [1.807, 2.05) is 96.8 Å². The van der Waals surface area contributed by atoms with Gasteiger partial charge >= 0.3 is 0 Å². The molecule has 7 heteroatoms. The van der Waals surface area contributed by atoms with E-state index in [-0.39, 0.29) is 24.3 Å². The van der Waals surface area contributed by atoms with Crippen LogP contribution in [0.3, 0.4) is 0 Å². The summed E-state index contributed by atoms with van der Waals surface area (Å²) in [6.45, 7) is 4.22. The van der Waals surface area contributed by atoms with Crippen molar-refractivity contribution in [3.63, 3.8) is 0 Å². The van der Waals surface area contributed by atoms with E-state index in [1.165, 1.54) is 6.42 Å². The molecular formula is C41H43N3O4. The molecule has 2 aliphatic heterocycles. The van der Waals surface area contributed by atoms with E-state index in [1.54, 1.807) is 29.2 Å². The Hall–Kier alpha value is -5.04. The lowest BCUT2D eigenvalue weighted by Gasteiger charge is -2.45. The standard InChI is InChI=1S/C41H43N3O4/c1-3-4-5-6-13-26-38(45)42-29(2)27-36(34-24-16-17-25-35(34)42)43(31-20-11-8-12-21-31)41(48)37(28-30-18-9-7-10-19-30)44-39(46)32-22-14-15-23-33(32)40(44)47/h7-12,14-25,29,36-37H,3-6,13,26-28H2,1-2H3/t29-,36-,37+/m1/s1. The van der Waals surface area contributed by atoms with Crippen molar-refractivity contribution in [2.45, 2.75) is 83.3 Å². The second-order valence-corrected chi connectivity index (χ2v) is 12.9. The molecular weight excluding hydrogens is 598 g/mol. The van der Waals surface area contributed by atoms with Crippen LogP contribution in [0.15, 0.2) is 109 Å². The summed E-state index contributed by atoms with van der Waals surface area (Å²) in [7, 11) is 0. The maximum Gasteiger partial charge on any atom is 0.262 e. The Morgan fingerprint density at radius 1 is 0.750 bits per heavy atom. The van der Waals surface area contributed by atoms with E-state index in [2.05, 4.69) is 6.92 Å². The minimum atomic E-state index is -1.09. The highest BCUT2D eigenvalue weighted by Crippen LogP contribution is 2.43. The van der Waals surface area contributed by atoms with Gasteiger partial charge in [-0.25, -0.2) is 0 Å². The Morgan fingerprint density at radius 3 is 2.00 bits per heavy atom. The van der Waals surface area contributed by atoms with Crippen LogP contribution in [0, 0.1) is 0 Å². The lowest BCUT2D eigenvalue weighted by Crippen LogP contribution is -2.55. The van der Waals surface area contributed by atoms with Gasteiger partial charge in [0.2, 0.25) is 5.91 Å². The van der Waals surface area contributed by atoms with Gasteiger partial charge in [0.25, 0.3) is 17.7 Å². The second-order valence-electron chi connectivity index (χ2n) is 12.9. The van der Waals surface area contributed by atoms with Crippen molar-refractivity contribution < 1.29 is 19.2 Å². The first-order chi connectivity index (χ1) is 23.4. The first kappa shape index (κ1) is 32.9. The topological polar surface area (TPSA) is 78.0 Å². The summed E-state index contributed by atoms with van der Waals surface area (Å²) in [5.74, 6) is -1.19. The highest BCUT2D eigenvalue weighted by molar-refractivity contribution is 6.23. The quantitative estimate of drug-likeness (QED) is 0.116. The number of amides is 4. The molecule has 4 aromatic rings. The molecule has 2 heterocycles. The Kier molecular flexibility index (Phi) is 10.1. The SMILES string of the molecule is CCCCCCCC(=O)N1c2ccccc2[C@H](N(C(=O)[C@H](Cc2ccccc2)N2C(=O)c3ccccc3C2=O)c2ccccc2)C[C@H]1C. The van der Waals surface area contributed by atoms with Crippen LogP contribution < -0.4 is 9.80 Å². The van der Waals surface area contributed by atoms with E-state index >= 15 is 4.79 Å². The van der Waals surface area contributed by atoms with Crippen LogP contribution in [0.2, 0.25) is 0 Å². The van der Waals surface area contributed by atoms with Crippen LogP contribution in [-0.2, 0) is 16.0 Å². The summed E-state index contributed by atoms with van der Waals surface area (Å²) < 4.78 is 0. The molecule has 7 nitrogen and oxygen atoms in total. The van der Waals surface area contributed by atoms with Crippen molar-refractivity contribution in [1.29, 1.82) is 0 Å². The van der Waals surface area contributed by atoms with E-state index in [0.29, 0.717) is 29.7 Å². The average molecular weight is 642 g/mol. The van der Waals surface area contributed by atoms with Crippen LogP contribution in [0.25, 0.3) is 0 Å². The van der Waals surface area contributed by atoms with E-state index < -0.39 is 23.9 Å². The minimum absolute atomic E-state index is 0.0930. The normalized spacial score (nSPS) is 17.5. The predicted octanol–water partition coefficient (Wildman–Crippen LogP) is 8.15. The molecule has 2 aliphatic rings. The van der Waals surface area contributed by atoms with Crippen LogP contribution >= 0.6 is 0 Å². The summed E-state index contributed by atoms with van der Waals surface area (Å²) in [5, 5.41) is 0. The summed E-state index contributed by atoms with van der Waals surface area (Å²) in [6, 6.07) is 31.8. The Bertz CT molecular complexity index is 1740. The van der Waals surface area contributed by atoms with Crippen molar-refractivity contribution in [1.82, 2.24) is 4.90 Å². The molecule has 6 rings (SSSR count). The van der Waals surface area contributed by atoms with Gasteiger partial charge in [0, 0.05) is 30.3 Å². The van der Waals surface area contributed by atoms with E-state index in [9.17, 15) is 14.4 Å². The summed E-state index contributed by atoms with van der Waals surface area (Å²) >= 11 is 0.